The third-order valence-electron chi connectivity index (χ3n) is 1.67. The molecule has 0 amide bonds. The molecule has 0 heterocycles. The number of benzene rings is 1. The van der Waals surface area contributed by atoms with Gasteiger partial charge < -0.3 is 9.84 Å². The Labute approximate surface area is 82.6 Å². The predicted octanol–water partition coefficient (Wildman–Crippen LogP) is 1.28. The lowest BCUT2D eigenvalue weighted by Gasteiger charge is -2.10. The molecular weight excluding hydrogens is 180 g/mol. The molecule has 0 radical (unpaired) electrons. The van der Waals surface area contributed by atoms with Crippen molar-refractivity contribution in [3.8, 4) is 0 Å². The highest BCUT2D eigenvalue weighted by Crippen LogP contribution is 2.04. The van der Waals surface area contributed by atoms with E-state index in [1.807, 2.05) is 30.3 Å². The SMILES string of the molecule is C=CC(=O)OC(O)Cc1ccccc1. The van der Waals surface area contributed by atoms with Crippen LogP contribution in [0.15, 0.2) is 43.0 Å². The zero-order valence-corrected chi connectivity index (χ0v) is 7.72. The van der Waals surface area contributed by atoms with Crippen molar-refractivity contribution in [2.45, 2.75) is 12.7 Å². The van der Waals surface area contributed by atoms with E-state index in [2.05, 4.69) is 11.3 Å². The molecule has 0 spiro atoms. The summed E-state index contributed by atoms with van der Waals surface area (Å²) in [5.41, 5.74) is 0.914. The Hall–Kier alpha value is -1.61. The summed E-state index contributed by atoms with van der Waals surface area (Å²) in [6.07, 6.45) is 0.206. The van der Waals surface area contributed by atoms with E-state index >= 15 is 0 Å². The first-order valence-corrected chi connectivity index (χ1v) is 4.27. The average Bonchev–Trinajstić information content (AvgIpc) is 2.19. The van der Waals surface area contributed by atoms with Crippen molar-refractivity contribution in [1.29, 1.82) is 0 Å². The second-order valence-corrected chi connectivity index (χ2v) is 2.79. The Morgan fingerprint density at radius 1 is 1.50 bits per heavy atom. The van der Waals surface area contributed by atoms with E-state index in [1.165, 1.54) is 0 Å². The Bertz CT molecular complexity index is 306. The van der Waals surface area contributed by atoms with Crippen LogP contribution in [0.1, 0.15) is 5.56 Å². The number of carbonyl (C=O) groups excluding carboxylic acids is 1. The van der Waals surface area contributed by atoms with Gasteiger partial charge in [-0.15, -0.1) is 0 Å². The lowest BCUT2D eigenvalue weighted by molar-refractivity contribution is -0.161. The van der Waals surface area contributed by atoms with E-state index in [9.17, 15) is 9.90 Å². The van der Waals surface area contributed by atoms with Gasteiger partial charge in [0.2, 0.25) is 6.29 Å². The van der Waals surface area contributed by atoms with E-state index in [-0.39, 0.29) is 0 Å². The third-order valence-corrected chi connectivity index (χ3v) is 1.67. The molecule has 0 aliphatic carbocycles. The van der Waals surface area contributed by atoms with Crippen molar-refractivity contribution in [3.05, 3.63) is 48.6 Å². The van der Waals surface area contributed by atoms with E-state index < -0.39 is 12.3 Å². The molecule has 0 aliphatic heterocycles. The molecule has 1 atom stereocenters. The number of esters is 1. The molecule has 3 nitrogen and oxygen atoms in total. The molecule has 0 aliphatic rings. The molecule has 0 saturated carbocycles. The van der Waals surface area contributed by atoms with Crippen molar-refractivity contribution in [1.82, 2.24) is 0 Å². The number of hydrogen-bond acceptors (Lipinski definition) is 3. The van der Waals surface area contributed by atoms with Crippen molar-refractivity contribution in [2.24, 2.45) is 0 Å². The fraction of sp³-hybridized carbons (Fsp3) is 0.182. The molecule has 3 heteroatoms. The summed E-state index contributed by atoms with van der Waals surface area (Å²) in [5, 5.41) is 9.31. The minimum atomic E-state index is -1.11. The highest BCUT2D eigenvalue weighted by Gasteiger charge is 2.08. The topological polar surface area (TPSA) is 46.5 Å². The lowest BCUT2D eigenvalue weighted by atomic mass is 10.1. The number of carbonyl (C=O) groups is 1. The van der Waals surface area contributed by atoms with Crippen LogP contribution in [-0.4, -0.2) is 17.4 Å². The Balaban J connectivity index is 2.45. The summed E-state index contributed by atoms with van der Waals surface area (Å²) in [7, 11) is 0. The molecular formula is C11H12O3. The Kier molecular flexibility index (Phi) is 3.88. The van der Waals surface area contributed by atoms with Gasteiger partial charge in [0.25, 0.3) is 0 Å². The second-order valence-electron chi connectivity index (χ2n) is 2.79. The molecule has 1 aromatic rings. The minimum absolute atomic E-state index is 0.292. The van der Waals surface area contributed by atoms with Crippen LogP contribution in [0.2, 0.25) is 0 Å². The maximum Gasteiger partial charge on any atom is 0.332 e. The summed E-state index contributed by atoms with van der Waals surface area (Å²) in [6, 6.07) is 9.30. The smallest absolute Gasteiger partial charge is 0.332 e. The highest BCUT2D eigenvalue weighted by molar-refractivity contribution is 5.81. The van der Waals surface area contributed by atoms with Gasteiger partial charge in [-0.25, -0.2) is 4.79 Å². The van der Waals surface area contributed by atoms with Gasteiger partial charge >= 0.3 is 5.97 Å². The number of rotatable bonds is 4. The van der Waals surface area contributed by atoms with Crippen LogP contribution >= 0.6 is 0 Å². The van der Waals surface area contributed by atoms with Crippen molar-refractivity contribution in [3.63, 3.8) is 0 Å². The molecule has 0 saturated heterocycles. The second kappa shape index (κ2) is 5.19. The zero-order valence-electron chi connectivity index (χ0n) is 7.72. The maximum absolute atomic E-state index is 10.7. The highest BCUT2D eigenvalue weighted by atomic mass is 16.6. The molecule has 1 unspecified atom stereocenters. The first kappa shape index (κ1) is 10.5. The van der Waals surface area contributed by atoms with Crippen molar-refractivity contribution >= 4 is 5.97 Å². The van der Waals surface area contributed by atoms with E-state index in [0.29, 0.717) is 6.42 Å². The van der Waals surface area contributed by atoms with Crippen LogP contribution in [0, 0.1) is 0 Å². The molecule has 0 fully saturated rings. The van der Waals surface area contributed by atoms with E-state index in [1.54, 1.807) is 0 Å². The number of aliphatic hydroxyl groups is 1. The molecule has 74 valence electrons. The van der Waals surface area contributed by atoms with Gasteiger partial charge in [-0.1, -0.05) is 36.9 Å². The van der Waals surface area contributed by atoms with Crippen LogP contribution in [0.5, 0.6) is 0 Å². The monoisotopic (exact) mass is 192 g/mol. The molecule has 0 aromatic heterocycles. The fourth-order valence-corrected chi connectivity index (χ4v) is 1.04. The first-order chi connectivity index (χ1) is 6.72. The third kappa shape index (κ3) is 3.41. The zero-order chi connectivity index (χ0) is 10.4. The summed E-state index contributed by atoms with van der Waals surface area (Å²) in [4.78, 5) is 10.7. The fourth-order valence-electron chi connectivity index (χ4n) is 1.04. The lowest BCUT2D eigenvalue weighted by Crippen LogP contribution is -2.18. The first-order valence-electron chi connectivity index (χ1n) is 4.27. The quantitative estimate of drug-likeness (QED) is 0.444. The largest absolute Gasteiger partial charge is 0.432 e. The van der Waals surface area contributed by atoms with Gasteiger partial charge in [0, 0.05) is 12.5 Å². The Morgan fingerprint density at radius 3 is 2.71 bits per heavy atom. The van der Waals surface area contributed by atoms with Crippen LogP contribution in [0.3, 0.4) is 0 Å². The summed E-state index contributed by atoms with van der Waals surface area (Å²) in [6.45, 7) is 3.24. The number of hydrogen-bond donors (Lipinski definition) is 1. The van der Waals surface area contributed by atoms with Gasteiger partial charge in [-0.2, -0.15) is 0 Å². The van der Waals surface area contributed by atoms with E-state index in [0.717, 1.165) is 11.6 Å². The molecule has 1 aromatic carbocycles. The van der Waals surface area contributed by atoms with Crippen LogP contribution in [0.25, 0.3) is 0 Å². The number of ether oxygens (including phenoxy) is 1. The maximum atomic E-state index is 10.7. The molecule has 1 rings (SSSR count). The molecule has 14 heavy (non-hydrogen) atoms. The van der Waals surface area contributed by atoms with Crippen molar-refractivity contribution < 1.29 is 14.6 Å². The van der Waals surface area contributed by atoms with Crippen LogP contribution in [-0.2, 0) is 16.0 Å². The van der Waals surface area contributed by atoms with Gasteiger partial charge in [0.1, 0.15) is 0 Å². The Morgan fingerprint density at radius 2 is 2.14 bits per heavy atom. The van der Waals surface area contributed by atoms with Gasteiger partial charge in [-0.05, 0) is 5.56 Å². The summed E-state index contributed by atoms with van der Waals surface area (Å²) in [5.74, 6) is -0.617. The van der Waals surface area contributed by atoms with Gasteiger partial charge in [0.05, 0.1) is 0 Å². The standard InChI is InChI=1S/C11H12O3/c1-2-10(12)14-11(13)8-9-6-4-3-5-7-9/h2-7,11,13H,1,8H2. The van der Waals surface area contributed by atoms with Crippen LogP contribution in [0.4, 0.5) is 0 Å². The van der Waals surface area contributed by atoms with Gasteiger partial charge in [0.15, 0.2) is 0 Å². The molecule has 1 N–H and O–H groups in total. The van der Waals surface area contributed by atoms with E-state index in [4.69, 9.17) is 0 Å². The molecule has 0 bridgehead atoms. The minimum Gasteiger partial charge on any atom is -0.432 e. The predicted molar refractivity (Wildman–Crippen MR) is 52.4 cm³/mol. The van der Waals surface area contributed by atoms with Gasteiger partial charge in [-0.3, -0.25) is 0 Å². The van der Waals surface area contributed by atoms with Crippen LogP contribution < -0.4 is 0 Å². The summed E-state index contributed by atoms with van der Waals surface area (Å²) < 4.78 is 4.60. The summed E-state index contributed by atoms with van der Waals surface area (Å²) >= 11 is 0. The average molecular weight is 192 g/mol. The number of aliphatic hydroxyl groups excluding tert-OH is 1. The van der Waals surface area contributed by atoms with Crippen molar-refractivity contribution in [2.75, 3.05) is 0 Å². The normalized spacial score (nSPS) is 11.8.